The molecule has 0 fully saturated rings. The quantitative estimate of drug-likeness (QED) is 0.752. The first-order valence-electron chi connectivity index (χ1n) is 3.41. The summed E-state index contributed by atoms with van der Waals surface area (Å²) < 4.78 is 1.93. The van der Waals surface area contributed by atoms with E-state index < -0.39 is 0 Å². The van der Waals surface area contributed by atoms with Gasteiger partial charge in [0.25, 0.3) is 0 Å². The molecule has 0 saturated carbocycles. The lowest BCUT2D eigenvalue weighted by molar-refractivity contribution is 0.373. The summed E-state index contributed by atoms with van der Waals surface area (Å²) in [6, 6.07) is 1.94. The average Bonchev–Trinajstić information content (AvgIpc) is 2.34. The van der Waals surface area contributed by atoms with Crippen LogP contribution in [0.15, 0.2) is 18.5 Å². The molecule has 0 aliphatic rings. The van der Waals surface area contributed by atoms with E-state index in [1.54, 1.807) is 6.20 Å². The minimum Gasteiger partial charge on any atom is -0.308 e. The molecule has 1 rings (SSSR count). The van der Waals surface area contributed by atoms with Crippen LogP contribution in [0.1, 0.15) is 0 Å². The zero-order valence-corrected chi connectivity index (χ0v) is 8.94. The molecule has 0 aliphatic heterocycles. The Labute approximate surface area is 85.6 Å². The van der Waals surface area contributed by atoms with Crippen LogP contribution in [0.5, 0.6) is 0 Å². The van der Waals surface area contributed by atoms with E-state index in [4.69, 9.17) is 0 Å². The molecule has 0 unspecified atom stereocenters. The molecule has 0 amide bonds. The lowest BCUT2D eigenvalue weighted by atomic mass is 10.6. The molecule has 0 bridgehead atoms. The second-order valence-electron chi connectivity index (χ2n) is 2.57. The molecular weight excluding hydrogens is 197 g/mol. The van der Waals surface area contributed by atoms with E-state index in [1.165, 1.54) is 0 Å². The van der Waals surface area contributed by atoms with Crippen LogP contribution in [0.25, 0.3) is 0 Å². The SMILES string of the molecule is CN(C)CCn1cccn1.Cl.Cl. The minimum absolute atomic E-state index is 0. The number of likely N-dealkylation sites (N-methyl/N-ethyl adjacent to an activating group) is 1. The van der Waals surface area contributed by atoms with Gasteiger partial charge in [0.1, 0.15) is 0 Å². The Kier molecular flexibility index (Phi) is 8.81. The molecule has 1 aromatic heterocycles. The fourth-order valence-electron chi connectivity index (χ4n) is 0.735. The normalized spacial score (nSPS) is 8.92. The third-order valence-electron chi connectivity index (χ3n) is 1.34. The first-order valence-corrected chi connectivity index (χ1v) is 3.41. The van der Waals surface area contributed by atoms with Gasteiger partial charge in [-0.2, -0.15) is 5.10 Å². The molecule has 0 spiro atoms. The van der Waals surface area contributed by atoms with Crippen LogP contribution >= 0.6 is 24.8 Å². The third-order valence-corrected chi connectivity index (χ3v) is 1.34. The fourth-order valence-corrected chi connectivity index (χ4v) is 0.735. The molecule has 0 aliphatic carbocycles. The Morgan fingerprint density at radius 3 is 2.42 bits per heavy atom. The Balaban J connectivity index is 0. The van der Waals surface area contributed by atoms with Crippen LogP contribution in [-0.4, -0.2) is 35.3 Å². The Morgan fingerprint density at radius 2 is 2.00 bits per heavy atom. The van der Waals surface area contributed by atoms with Crippen LogP contribution in [0.4, 0.5) is 0 Å². The summed E-state index contributed by atoms with van der Waals surface area (Å²) in [4.78, 5) is 2.14. The third kappa shape index (κ3) is 5.41. The topological polar surface area (TPSA) is 21.1 Å². The lowest BCUT2D eigenvalue weighted by Gasteiger charge is -2.08. The van der Waals surface area contributed by atoms with Crippen molar-refractivity contribution in [3.05, 3.63) is 18.5 Å². The second-order valence-corrected chi connectivity index (χ2v) is 2.57. The van der Waals surface area contributed by atoms with E-state index in [1.807, 2.05) is 16.9 Å². The van der Waals surface area contributed by atoms with Crippen molar-refractivity contribution >= 4 is 24.8 Å². The number of rotatable bonds is 3. The van der Waals surface area contributed by atoms with E-state index in [9.17, 15) is 0 Å². The number of aromatic nitrogens is 2. The lowest BCUT2D eigenvalue weighted by Crippen LogP contribution is -2.18. The standard InChI is InChI=1S/C7H13N3.2ClH/c1-9(2)6-7-10-5-3-4-8-10;;/h3-5H,6-7H2,1-2H3;2*1H. The molecule has 12 heavy (non-hydrogen) atoms. The maximum Gasteiger partial charge on any atom is 0.0536 e. The number of hydrogen-bond acceptors (Lipinski definition) is 2. The van der Waals surface area contributed by atoms with E-state index in [-0.39, 0.29) is 24.8 Å². The van der Waals surface area contributed by atoms with Gasteiger partial charge in [-0.05, 0) is 20.2 Å². The van der Waals surface area contributed by atoms with Crippen LogP contribution in [0, 0.1) is 0 Å². The first kappa shape index (κ1) is 14.3. The van der Waals surface area contributed by atoms with Gasteiger partial charge in [0.2, 0.25) is 0 Å². The maximum atomic E-state index is 4.08. The van der Waals surface area contributed by atoms with Crippen LogP contribution in [0.2, 0.25) is 0 Å². The predicted molar refractivity (Wildman–Crippen MR) is 55.3 cm³/mol. The van der Waals surface area contributed by atoms with Crippen molar-refractivity contribution in [2.75, 3.05) is 20.6 Å². The highest BCUT2D eigenvalue weighted by molar-refractivity contribution is 5.85. The minimum atomic E-state index is 0. The molecule has 3 nitrogen and oxygen atoms in total. The number of hydrogen-bond donors (Lipinski definition) is 0. The van der Waals surface area contributed by atoms with Crippen molar-refractivity contribution in [3.8, 4) is 0 Å². The molecule has 5 heteroatoms. The summed E-state index contributed by atoms with van der Waals surface area (Å²) in [6.07, 6.45) is 3.78. The molecule has 72 valence electrons. The fraction of sp³-hybridized carbons (Fsp3) is 0.571. The molecule has 0 saturated heterocycles. The predicted octanol–water partition coefficient (Wildman–Crippen LogP) is 1.29. The molecule has 1 aromatic rings. The smallest absolute Gasteiger partial charge is 0.0536 e. The molecule has 0 N–H and O–H groups in total. The summed E-state index contributed by atoms with van der Waals surface area (Å²) in [6.45, 7) is 2.02. The van der Waals surface area contributed by atoms with Crippen molar-refractivity contribution < 1.29 is 0 Å². The van der Waals surface area contributed by atoms with Crippen molar-refractivity contribution in [1.29, 1.82) is 0 Å². The molecule has 0 atom stereocenters. The zero-order valence-electron chi connectivity index (χ0n) is 7.30. The molecular formula is C7H15Cl2N3. The van der Waals surface area contributed by atoms with Crippen LogP contribution in [-0.2, 0) is 6.54 Å². The maximum absolute atomic E-state index is 4.08. The molecule has 1 heterocycles. The summed E-state index contributed by atoms with van der Waals surface area (Å²) in [7, 11) is 4.12. The van der Waals surface area contributed by atoms with Crippen LogP contribution in [0.3, 0.4) is 0 Å². The van der Waals surface area contributed by atoms with Gasteiger partial charge in [-0.15, -0.1) is 24.8 Å². The van der Waals surface area contributed by atoms with Gasteiger partial charge >= 0.3 is 0 Å². The summed E-state index contributed by atoms with van der Waals surface area (Å²) in [5.74, 6) is 0. The Hall–Kier alpha value is -0.250. The highest BCUT2D eigenvalue weighted by atomic mass is 35.5. The van der Waals surface area contributed by atoms with Gasteiger partial charge in [-0.25, -0.2) is 0 Å². The summed E-state index contributed by atoms with van der Waals surface area (Å²) in [5.41, 5.74) is 0. The van der Waals surface area contributed by atoms with Gasteiger partial charge in [-0.1, -0.05) is 0 Å². The second kappa shape index (κ2) is 7.40. The molecule has 0 radical (unpaired) electrons. The van der Waals surface area contributed by atoms with E-state index in [2.05, 4.69) is 24.1 Å². The van der Waals surface area contributed by atoms with Crippen molar-refractivity contribution in [2.45, 2.75) is 6.54 Å². The Morgan fingerprint density at radius 1 is 1.33 bits per heavy atom. The van der Waals surface area contributed by atoms with Crippen molar-refractivity contribution in [3.63, 3.8) is 0 Å². The van der Waals surface area contributed by atoms with Crippen molar-refractivity contribution in [2.24, 2.45) is 0 Å². The number of halogens is 2. The van der Waals surface area contributed by atoms with E-state index in [0.29, 0.717) is 0 Å². The Bertz CT molecular complexity index is 175. The van der Waals surface area contributed by atoms with Gasteiger partial charge in [0, 0.05) is 18.9 Å². The highest BCUT2D eigenvalue weighted by Gasteiger charge is 1.90. The largest absolute Gasteiger partial charge is 0.308 e. The highest BCUT2D eigenvalue weighted by Crippen LogP contribution is 1.84. The first-order chi connectivity index (χ1) is 4.79. The van der Waals surface area contributed by atoms with Crippen molar-refractivity contribution in [1.82, 2.24) is 14.7 Å². The number of nitrogens with zero attached hydrogens (tertiary/aromatic N) is 3. The van der Waals surface area contributed by atoms with Gasteiger partial charge in [0.05, 0.1) is 6.54 Å². The summed E-state index contributed by atoms with van der Waals surface area (Å²) >= 11 is 0. The van der Waals surface area contributed by atoms with E-state index in [0.717, 1.165) is 13.1 Å². The molecule has 0 aromatic carbocycles. The average molecular weight is 212 g/mol. The van der Waals surface area contributed by atoms with Gasteiger partial charge in [-0.3, -0.25) is 4.68 Å². The van der Waals surface area contributed by atoms with E-state index >= 15 is 0 Å². The zero-order chi connectivity index (χ0) is 7.40. The monoisotopic (exact) mass is 211 g/mol. The van der Waals surface area contributed by atoms with Gasteiger partial charge < -0.3 is 4.90 Å². The van der Waals surface area contributed by atoms with Gasteiger partial charge in [0.15, 0.2) is 0 Å². The van der Waals surface area contributed by atoms with Crippen LogP contribution < -0.4 is 0 Å². The summed E-state index contributed by atoms with van der Waals surface area (Å²) in [5, 5.41) is 4.08.